The number of benzene rings is 1. The van der Waals surface area contributed by atoms with E-state index in [0.717, 1.165) is 57.4 Å². The predicted octanol–water partition coefficient (Wildman–Crippen LogP) is 4.40. The number of carbonyl (C=O) groups is 1. The highest BCUT2D eigenvalue weighted by Gasteiger charge is 2.61. The van der Waals surface area contributed by atoms with Gasteiger partial charge in [-0.15, -0.1) is 0 Å². The Labute approximate surface area is 203 Å². The van der Waals surface area contributed by atoms with Crippen molar-refractivity contribution < 1.29 is 24.1 Å². The molecule has 1 aromatic carbocycles. The smallest absolute Gasteiger partial charge is 0.222 e. The van der Waals surface area contributed by atoms with Crippen molar-refractivity contribution in [1.82, 2.24) is 4.90 Å². The maximum absolute atomic E-state index is 13.2. The molecule has 6 heteroatoms. The first-order valence-corrected chi connectivity index (χ1v) is 13.3. The molecule has 2 heterocycles. The van der Waals surface area contributed by atoms with Crippen LogP contribution in [0.2, 0.25) is 0 Å². The molecule has 4 aliphatic rings. The van der Waals surface area contributed by atoms with Crippen molar-refractivity contribution in [3.8, 4) is 5.75 Å². The number of aliphatic hydroxyl groups is 1. The number of piperidine rings is 1. The monoisotopic (exact) mass is 471 g/mol. The summed E-state index contributed by atoms with van der Waals surface area (Å²) >= 11 is 0. The summed E-state index contributed by atoms with van der Waals surface area (Å²) in [6.45, 7) is 7.37. The molecule has 0 aromatic heterocycles. The van der Waals surface area contributed by atoms with E-state index in [2.05, 4.69) is 13.8 Å². The Kier molecular flexibility index (Phi) is 6.93. The lowest BCUT2D eigenvalue weighted by Gasteiger charge is -2.63. The van der Waals surface area contributed by atoms with Crippen LogP contribution in [0, 0.1) is 22.7 Å². The van der Waals surface area contributed by atoms with Crippen molar-refractivity contribution in [2.45, 2.75) is 83.7 Å². The van der Waals surface area contributed by atoms with E-state index < -0.39 is 6.10 Å². The molecule has 1 amide bonds. The highest BCUT2D eigenvalue weighted by Crippen LogP contribution is 2.62. The summed E-state index contributed by atoms with van der Waals surface area (Å²) < 4.78 is 18.6. The Morgan fingerprint density at radius 2 is 1.85 bits per heavy atom. The molecule has 0 radical (unpaired) electrons. The second-order valence-corrected chi connectivity index (χ2v) is 11.5. The van der Waals surface area contributed by atoms with Crippen LogP contribution in [-0.4, -0.2) is 60.7 Å². The van der Waals surface area contributed by atoms with Gasteiger partial charge < -0.3 is 24.2 Å². The van der Waals surface area contributed by atoms with Gasteiger partial charge in [0.25, 0.3) is 0 Å². The van der Waals surface area contributed by atoms with E-state index in [1.165, 1.54) is 6.42 Å². The Hall–Kier alpha value is -1.63. The van der Waals surface area contributed by atoms with Crippen LogP contribution in [0.25, 0.3) is 0 Å². The van der Waals surface area contributed by atoms with Crippen molar-refractivity contribution >= 4 is 5.91 Å². The Balaban J connectivity index is 1.26. The van der Waals surface area contributed by atoms with Gasteiger partial charge in [0.1, 0.15) is 12.4 Å². The molecule has 2 saturated heterocycles. The zero-order valence-electron chi connectivity index (χ0n) is 20.8. The number of para-hydroxylation sites is 1. The summed E-state index contributed by atoms with van der Waals surface area (Å²) in [4.78, 5) is 15.2. The van der Waals surface area contributed by atoms with Crippen molar-refractivity contribution in [3.05, 3.63) is 30.3 Å². The second-order valence-electron chi connectivity index (χ2n) is 11.5. The van der Waals surface area contributed by atoms with Gasteiger partial charge in [0.15, 0.2) is 6.29 Å². The fraction of sp³-hybridized carbons (Fsp3) is 0.750. The number of likely N-dealkylation sites (tertiary alicyclic amines) is 1. The molecule has 6 nitrogen and oxygen atoms in total. The summed E-state index contributed by atoms with van der Waals surface area (Å²) in [7, 11) is 0. The van der Waals surface area contributed by atoms with E-state index in [1.54, 1.807) is 0 Å². The second kappa shape index (κ2) is 9.79. The molecule has 1 N–H and O–H groups in total. The van der Waals surface area contributed by atoms with Crippen LogP contribution in [0.1, 0.15) is 65.2 Å². The maximum Gasteiger partial charge on any atom is 0.222 e. The summed E-state index contributed by atoms with van der Waals surface area (Å²) in [6.07, 6.45) is 6.81. The van der Waals surface area contributed by atoms with Crippen LogP contribution >= 0.6 is 0 Å². The number of carbonyl (C=O) groups excluding carboxylic acids is 1. The molecule has 188 valence electrons. The first-order chi connectivity index (χ1) is 16.4. The Morgan fingerprint density at radius 1 is 1.09 bits per heavy atom. The van der Waals surface area contributed by atoms with E-state index in [1.807, 2.05) is 35.2 Å². The zero-order chi connectivity index (χ0) is 23.8. The van der Waals surface area contributed by atoms with Crippen LogP contribution in [0.4, 0.5) is 0 Å². The van der Waals surface area contributed by atoms with E-state index in [4.69, 9.17) is 14.2 Å². The highest BCUT2D eigenvalue weighted by atomic mass is 16.7. The van der Waals surface area contributed by atoms with Crippen LogP contribution < -0.4 is 4.74 Å². The molecule has 2 aliphatic heterocycles. The molecular weight excluding hydrogens is 430 g/mol. The Bertz CT molecular complexity index is 842. The average molecular weight is 472 g/mol. The number of ether oxygens (including phenoxy) is 3. The van der Waals surface area contributed by atoms with Crippen LogP contribution in [0.3, 0.4) is 0 Å². The van der Waals surface area contributed by atoms with Crippen LogP contribution in [0.15, 0.2) is 30.3 Å². The lowest BCUT2D eigenvalue weighted by molar-refractivity contribution is -0.313. The van der Waals surface area contributed by atoms with E-state index >= 15 is 0 Å². The molecule has 2 saturated carbocycles. The maximum atomic E-state index is 13.2. The molecule has 0 bridgehead atoms. The van der Waals surface area contributed by atoms with Crippen LogP contribution in [0.5, 0.6) is 5.75 Å². The summed E-state index contributed by atoms with van der Waals surface area (Å²) in [5.41, 5.74) is -0.211. The molecule has 5 rings (SSSR count). The Morgan fingerprint density at radius 3 is 2.62 bits per heavy atom. The van der Waals surface area contributed by atoms with E-state index in [0.29, 0.717) is 25.6 Å². The number of fused-ring (bicyclic) bond motifs is 3. The molecule has 1 aromatic rings. The third-order valence-electron chi connectivity index (χ3n) is 9.46. The van der Waals surface area contributed by atoms with Crippen molar-refractivity contribution in [2.24, 2.45) is 22.7 Å². The number of nitrogens with zero attached hydrogens (tertiary/aromatic N) is 1. The summed E-state index contributed by atoms with van der Waals surface area (Å²) in [5.74, 6) is 1.41. The molecule has 4 fully saturated rings. The van der Waals surface area contributed by atoms with E-state index in [9.17, 15) is 9.90 Å². The quantitative estimate of drug-likeness (QED) is 0.689. The molecule has 34 heavy (non-hydrogen) atoms. The third-order valence-corrected chi connectivity index (χ3v) is 9.46. The van der Waals surface area contributed by atoms with Gasteiger partial charge in [0.2, 0.25) is 5.91 Å². The van der Waals surface area contributed by atoms with Gasteiger partial charge in [-0.2, -0.15) is 0 Å². The van der Waals surface area contributed by atoms with Crippen LogP contribution in [-0.2, 0) is 14.3 Å². The van der Waals surface area contributed by atoms with Gasteiger partial charge in [0.05, 0.1) is 18.8 Å². The SMILES string of the molecule is CC12COC(COc3ccccc3)OC1CCC1(C)C(CC(=O)N3CCCCC3)C(O)CCC21. The fourth-order valence-corrected chi connectivity index (χ4v) is 7.52. The number of rotatable bonds is 5. The molecule has 7 atom stereocenters. The average Bonchev–Trinajstić information content (AvgIpc) is 2.86. The number of amides is 1. The minimum Gasteiger partial charge on any atom is -0.488 e. The predicted molar refractivity (Wildman–Crippen MR) is 129 cm³/mol. The zero-order valence-corrected chi connectivity index (χ0v) is 20.8. The third kappa shape index (κ3) is 4.49. The van der Waals surface area contributed by atoms with Gasteiger partial charge in [-0.1, -0.05) is 32.0 Å². The number of hydrogen-bond donors (Lipinski definition) is 1. The topological polar surface area (TPSA) is 68.2 Å². The largest absolute Gasteiger partial charge is 0.488 e. The summed E-state index contributed by atoms with van der Waals surface area (Å²) in [6, 6.07) is 9.77. The lowest BCUT2D eigenvalue weighted by Crippen LogP contribution is -2.63. The molecular formula is C28H41NO5. The molecule has 0 spiro atoms. The van der Waals surface area contributed by atoms with E-state index in [-0.39, 0.29) is 35.0 Å². The minimum atomic E-state index is -0.410. The number of hydrogen-bond acceptors (Lipinski definition) is 5. The normalized spacial score (nSPS) is 40.2. The highest BCUT2D eigenvalue weighted by molar-refractivity contribution is 5.76. The van der Waals surface area contributed by atoms with Gasteiger partial charge >= 0.3 is 0 Å². The van der Waals surface area contributed by atoms with Gasteiger partial charge in [-0.25, -0.2) is 0 Å². The van der Waals surface area contributed by atoms with Gasteiger partial charge in [-0.3, -0.25) is 4.79 Å². The molecule has 2 aliphatic carbocycles. The number of aliphatic hydroxyl groups excluding tert-OH is 1. The standard InChI is InChI=1S/C28H41NO5/c1-27-14-13-24-28(2,19-33-26(34-24)18-32-20-9-5-3-6-10-20)23(27)12-11-22(30)21(27)17-25(31)29-15-7-4-8-16-29/h3,5-6,9-10,21-24,26,30H,4,7-8,11-19H2,1-2H3. The fourth-order valence-electron chi connectivity index (χ4n) is 7.52. The van der Waals surface area contributed by atoms with Crippen molar-refractivity contribution in [2.75, 3.05) is 26.3 Å². The van der Waals surface area contributed by atoms with Gasteiger partial charge in [-0.05, 0) is 74.3 Å². The lowest BCUT2D eigenvalue weighted by atomic mass is 9.46. The minimum absolute atomic E-state index is 0.00223. The van der Waals surface area contributed by atoms with Crippen molar-refractivity contribution in [3.63, 3.8) is 0 Å². The van der Waals surface area contributed by atoms with Crippen molar-refractivity contribution in [1.29, 1.82) is 0 Å². The first kappa shape index (κ1) is 24.1. The van der Waals surface area contributed by atoms with Gasteiger partial charge in [0, 0.05) is 24.9 Å². The summed E-state index contributed by atoms with van der Waals surface area (Å²) in [5, 5.41) is 11.1. The first-order valence-electron chi connectivity index (χ1n) is 13.3. The molecule has 7 unspecified atom stereocenters.